The lowest BCUT2D eigenvalue weighted by atomic mass is 9.85. The molecule has 0 saturated carbocycles. The lowest BCUT2D eigenvalue weighted by molar-refractivity contribution is -0.125. The number of hydrogen-bond acceptors (Lipinski definition) is 2. The molecule has 2 nitrogen and oxygen atoms in total. The second-order valence-corrected chi connectivity index (χ2v) is 6.51. The number of rotatable bonds is 8. The van der Waals surface area contributed by atoms with E-state index in [4.69, 9.17) is 4.84 Å². The average molecular weight is 359 g/mol. The first kappa shape index (κ1) is 20.3. The summed E-state index contributed by atoms with van der Waals surface area (Å²) in [6.45, 7) is 7.19. The van der Waals surface area contributed by atoms with E-state index < -0.39 is 11.6 Å². The van der Waals surface area contributed by atoms with E-state index in [0.717, 1.165) is 16.7 Å². The lowest BCUT2D eigenvalue weighted by Crippen LogP contribution is -2.30. The van der Waals surface area contributed by atoms with Crippen LogP contribution in [0.15, 0.2) is 48.6 Å². The van der Waals surface area contributed by atoms with Crippen LogP contribution in [0.3, 0.4) is 0 Å². The SMILES string of the molecule is CC=CCN(CC(Cc1c(F)cccc1F)c1c(C)cccc1C)OC. The molecule has 0 radical (unpaired) electrons. The van der Waals surface area contributed by atoms with Crippen LogP contribution in [0.25, 0.3) is 0 Å². The van der Waals surface area contributed by atoms with E-state index in [1.165, 1.54) is 18.2 Å². The van der Waals surface area contributed by atoms with Crippen molar-refractivity contribution in [2.45, 2.75) is 33.1 Å². The number of aryl methyl sites for hydroxylation is 2. The first-order chi connectivity index (χ1) is 12.5. The average Bonchev–Trinajstić information content (AvgIpc) is 2.61. The highest BCUT2D eigenvalue weighted by Crippen LogP contribution is 2.30. The van der Waals surface area contributed by atoms with Crippen molar-refractivity contribution in [2.75, 3.05) is 20.2 Å². The molecule has 26 heavy (non-hydrogen) atoms. The molecule has 1 atom stereocenters. The fraction of sp³-hybridized carbons (Fsp3) is 0.364. The van der Waals surface area contributed by atoms with Gasteiger partial charge in [-0.2, -0.15) is 5.06 Å². The minimum atomic E-state index is -0.501. The molecule has 2 aromatic rings. The summed E-state index contributed by atoms with van der Waals surface area (Å²) in [5.74, 6) is -1.09. The van der Waals surface area contributed by atoms with Gasteiger partial charge in [-0.15, -0.1) is 0 Å². The van der Waals surface area contributed by atoms with Gasteiger partial charge in [0.2, 0.25) is 0 Å². The molecule has 0 heterocycles. The zero-order valence-electron chi connectivity index (χ0n) is 15.9. The maximum Gasteiger partial charge on any atom is 0.129 e. The number of hydroxylamine groups is 2. The topological polar surface area (TPSA) is 12.5 Å². The molecular formula is C22H27F2NO. The molecule has 2 rings (SSSR count). The molecule has 1 unspecified atom stereocenters. The van der Waals surface area contributed by atoms with Crippen molar-refractivity contribution in [3.05, 3.63) is 82.4 Å². The Bertz CT molecular complexity index is 717. The van der Waals surface area contributed by atoms with Crippen LogP contribution >= 0.6 is 0 Å². The number of hydrogen-bond donors (Lipinski definition) is 0. The van der Waals surface area contributed by atoms with E-state index in [1.807, 2.05) is 56.2 Å². The highest BCUT2D eigenvalue weighted by Gasteiger charge is 2.23. The van der Waals surface area contributed by atoms with Gasteiger partial charge in [-0.05, 0) is 56.0 Å². The Balaban J connectivity index is 2.41. The Morgan fingerprint density at radius 3 is 2.15 bits per heavy atom. The van der Waals surface area contributed by atoms with Gasteiger partial charge in [0, 0.05) is 24.6 Å². The first-order valence-corrected chi connectivity index (χ1v) is 8.87. The first-order valence-electron chi connectivity index (χ1n) is 8.87. The summed E-state index contributed by atoms with van der Waals surface area (Å²) in [6, 6.07) is 10.1. The van der Waals surface area contributed by atoms with Crippen LogP contribution in [0.5, 0.6) is 0 Å². The van der Waals surface area contributed by atoms with Gasteiger partial charge in [0.1, 0.15) is 11.6 Å². The van der Waals surface area contributed by atoms with E-state index in [0.29, 0.717) is 13.1 Å². The molecular weight excluding hydrogens is 332 g/mol. The summed E-state index contributed by atoms with van der Waals surface area (Å²) in [5.41, 5.74) is 3.49. The molecule has 0 saturated heterocycles. The van der Waals surface area contributed by atoms with Crippen LogP contribution in [0, 0.1) is 25.5 Å². The molecule has 0 aliphatic heterocycles. The smallest absolute Gasteiger partial charge is 0.129 e. The largest absolute Gasteiger partial charge is 0.302 e. The summed E-state index contributed by atoms with van der Waals surface area (Å²) in [7, 11) is 1.62. The third-order valence-electron chi connectivity index (χ3n) is 4.69. The Labute approximate surface area is 155 Å². The van der Waals surface area contributed by atoms with Gasteiger partial charge in [-0.1, -0.05) is 36.4 Å². The van der Waals surface area contributed by atoms with Crippen molar-refractivity contribution in [2.24, 2.45) is 0 Å². The Kier molecular flexibility index (Phi) is 7.49. The van der Waals surface area contributed by atoms with E-state index in [2.05, 4.69) is 0 Å². The molecule has 0 aliphatic carbocycles. The van der Waals surface area contributed by atoms with Gasteiger partial charge in [-0.25, -0.2) is 8.78 Å². The van der Waals surface area contributed by atoms with Crippen molar-refractivity contribution in [1.82, 2.24) is 5.06 Å². The third kappa shape index (κ3) is 4.99. The monoisotopic (exact) mass is 359 g/mol. The molecule has 0 fully saturated rings. The van der Waals surface area contributed by atoms with Gasteiger partial charge in [-0.3, -0.25) is 0 Å². The van der Waals surface area contributed by atoms with Crippen LogP contribution < -0.4 is 0 Å². The van der Waals surface area contributed by atoms with Crippen molar-refractivity contribution < 1.29 is 13.6 Å². The quantitative estimate of drug-likeness (QED) is 0.465. The van der Waals surface area contributed by atoms with Crippen LogP contribution in [0.4, 0.5) is 8.78 Å². The highest BCUT2D eigenvalue weighted by atomic mass is 19.1. The molecule has 140 valence electrons. The molecule has 4 heteroatoms. The second kappa shape index (κ2) is 9.60. The zero-order valence-corrected chi connectivity index (χ0v) is 15.9. The fourth-order valence-electron chi connectivity index (χ4n) is 3.40. The van der Waals surface area contributed by atoms with Crippen molar-refractivity contribution in [3.8, 4) is 0 Å². The third-order valence-corrected chi connectivity index (χ3v) is 4.69. The Morgan fingerprint density at radius 2 is 1.62 bits per heavy atom. The van der Waals surface area contributed by atoms with Crippen LogP contribution in [0.1, 0.15) is 35.1 Å². The van der Waals surface area contributed by atoms with Gasteiger partial charge in [0.05, 0.1) is 7.11 Å². The molecule has 0 aliphatic rings. The van der Waals surface area contributed by atoms with E-state index in [-0.39, 0.29) is 17.9 Å². The summed E-state index contributed by atoms with van der Waals surface area (Å²) >= 11 is 0. The normalized spacial score (nSPS) is 12.9. The molecule has 0 N–H and O–H groups in total. The Hall–Kier alpha value is -2.04. The number of halogens is 2. The molecule has 0 aromatic heterocycles. The zero-order chi connectivity index (χ0) is 19.1. The predicted octanol–water partition coefficient (Wildman–Crippen LogP) is 5.35. The number of benzene rings is 2. The van der Waals surface area contributed by atoms with Crippen LogP contribution in [-0.4, -0.2) is 25.3 Å². The van der Waals surface area contributed by atoms with Crippen molar-refractivity contribution in [3.63, 3.8) is 0 Å². The Morgan fingerprint density at radius 1 is 1.04 bits per heavy atom. The predicted molar refractivity (Wildman–Crippen MR) is 102 cm³/mol. The van der Waals surface area contributed by atoms with Gasteiger partial charge in [0.15, 0.2) is 0 Å². The number of nitrogens with zero attached hydrogens (tertiary/aromatic N) is 1. The van der Waals surface area contributed by atoms with Crippen LogP contribution in [0.2, 0.25) is 0 Å². The summed E-state index contributed by atoms with van der Waals surface area (Å²) in [5, 5.41) is 1.81. The minimum Gasteiger partial charge on any atom is -0.302 e. The molecule has 2 aromatic carbocycles. The van der Waals surface area contributed by atoms with Crippen LogP contribution in [-0.2, 0) is 11.3 Å². The molecule has 0 bridgehead atoms. The van der Waals surface area contributed by atoms with Crippen molar-refractivity contribution >= 4 is 0 Å². The second-order valence-electron chi connectivity index (χ2n) is 6.51. The summed E-state index contributed by atoms with van der Waals surface area (Å²) in [6.07, 6.45) is 4.23. The number of allylic oxidation sites excluding steroid dienone is 1. The van der Waals surface area contributed by atoms with E-state index in [9.17, 15) is 8.78 Å². The standard InChI is InChI=1S/C22H27F2NO/c1-5-6-13-25(26-4)15-18(22-16(2)9-7-10-17(22)3)14-19-20(23)11-8-12-21(19)24/h5-12,18H,13-15H2,1-4H3. The lowest BCUT2D eigenvalue weighted by Gasteiger charge is -2.27. The molecule has 0 amide bonds. The molecule has 0 spiro atoms. The maximum atomic E-state index is 14.3. The maximum absolute atomic E-state index is 14.3. The van der Waals surface area contributed by atoms with E-state index >= 15 is 0 Å². The van der Waals surface area contributed by atoms with Gasteiger partial charge in [0.25, 0.3) is 0 Å². The summed E-state index contributed by atoms with van der Waals surface area (Å²) in [4.78, 5) is 5.48. The van der Waals surface area contributed by atoms with Gasteiger partial charge < -0.3 is 4.84 Å². The minimum absolute atomic E-state index is 0.0900. The summed E-state index contributed by atoms with van der Waals surface area (Å²) < 4.78 is 28.5. The fourth-order valence-corrected chi connectivity index (χ4v) is 3.40. The van der Waals surface area contributed by atoms with Crippen molar-refractivity contribution in [1.29, 1.82) is 0 Å². The van der Waals surface area contributed by atoms with E-state index in [1.54, 1.807) is 7.11 Å². The highest BCUT2D eigenvalue weighted by molar-refractivity contribution is 5.38. The van der Waals surface area contributed by atoms with Gasteiger partial charge >= 0.3 is 0 Å².